The number of nitrogens with zero attached hydrogens (tertiary/aromatic N) is 1. The highest BCUT2D eigenvalue weighted by molar-refractivity contribution is 6.48. The van der Waals surface area contributed by atoms with Crippen molar-refractivity contribution < 1.29 is 17.9 Å². The number of H-pyrrole nitrogens is 1. The molecule has 3 aromatic rings. The van der Waals surface area contributed by atoms with Crippen LogP contribution in [-0.2, 0) is 6.18 Å². The highest BCUT2D eigenvalue weighted by Gasteiger charge is 2.36. The molecule has 0 aliphatic carbocycles. The minimum atomic E-state index is -4.70. The van der Waals surface area contributed by atoms with Crippen molar-refractivity contribution in [2.24, 2.45) is 0 Å². The predicted molar refractivity (Wildman–Crippen MR) is 92.7 cm³/mol. The number of aromatic amines is 1. The number of aromatic nitrogens is 2. The summed E-state index contributed by atoms with van der Waals surface area (Å²) in [6, 6.07) is 4.07. The van der Waals surface area contributed by atoms with Crippen molar-refractivity contribution in [3.05, 3.63) is 49.1 Å². The molecular formula is C14H4Cl5F3N2O. The van der Waals surface area contributed by atoms with E-state index >= 15 is 0 Å². The van der Waals surface area contributed by atoms with Gasteiger partial charge in [0, 0.05) is 6.07 Å². The molecule has 3 rings (SSSR count). The van der Waals surface area contributed by atoms with E-state index in [0.29, 0.717) is 0 Å². The van der Waals surface area contributed by atoms with Crippen molar-refractivity contribution in [2.75, 3.05) is 0 Å². The van der Waals surface area contributed by atoms with Crippen LogP contribution < -0.4 is 4.74 Å². The number of benzene rings is 2. The summed E-state index contributed by atoms with van der Waals surface area (Å²) >= 11 is 29.7. The molecule has 0 atom stereocenters. The number of hydrogen-bond acceptors (Lipinski definition) is 2. The minimum Gasteiger partial charge on any atom is -0.453 e. The number of imidazole rings is 1. The standard InChI is InChI=1S/C14H4Cl5F3N2O/c15-4-1-2-6(10(19)8(4)17)25-7-3-5(16)9(18)12-11(7)23-13(24-12)14(20,21)22/h1-3H,(H,23,24). The molecule has 1 N–H and O–H groups in total. The first-order valence-corrected chi connectivity index (χ1v) is 8.25. The van der Waals surface area contributed by atoms with Gasteiger partial charge in [-0.05, 0) is 12.1 Å². The van der Waals surface area contributed by atoms with Gasteiger partial charge < -0.3 is 9.72 Å². The van der Waals surface area contributed by atoms with Crippen LogP contribution in [-0.4, -0.2) is 9.97 Å². The summed E-state index contributed by atoms with van der Waals surface area (Å²) in [6.45, 7) is 0. The van der Waals surface area contributed by atoms with Crippen LogP contribution in [0.2, 0.25) is 25.1 Å². The summed E-state index contributed by atoms with van der Waals surface area (Å²) in [6.07, 6.45) is -4.70. The van der Waals surface area contributed by atoms with Gasteiger partial charge in [0.25, 0.3) is 0 Å². The first-order valence-electron chi connectivity index (χ1n) is 6.36. The SMILES string of the molecule is FC(F)(F)c1nc2c(Cl)c(Cl)cc(Oc3ccc(Cl)c(Cl)c3Cl)c2[nH]1. The van der Waals surface area contributed by atoms with E-state index in [1.54, 1.807) is 0 Å². The Labute approximate surface area is 163 Å². The van der Waals surface area contributed by atoms with Crippen molar-refractivity contribution in [2.45, 2.75) is 6.18 Å². The molecule has 1 aromatic heterocycles. The second kappa shape index (κ2) is 6.59. The molecule has 1 heterocycles. The Kier molecular flexibility index (Phi) is 4.94. The van der Waals surface area contributed by atoms with E-state index in [4.69, 9.17) is 62.7 Å². The van der Waals surface area contributed by atoms with Crippen molar-refractivity contribution in [1.29, 1.82) is 0 Å². The van der Waals surface area contributed by atoms with Crippen LogP contribution in [0.5, 0.6) is 11.5 Å². The second-order valence-electron chi connectivity index (χ2n) is 4.75. The van der Waals surface area contributed by atoms with Crippen LogP contribution in [0.1, 0.15) is 5.82 Å². The van der Waals surface area contributed by atoms with Gasteiger partial charge in [-0.3, -0.25) is 0 Å². The quantitative estimate of drug-likeness (QED) is 0.408. The Balaban J connectivity index is 2.18. The predicted octanol–water partition coefficient (Wildman–Crippen LogP) is 7.64. The fraction of sp³-hybridized carbons (Fsp3) is 0.0714. The topological polar surface area (TPSA) is 37.9 Å². The van der Waals surface area contributed by atoms with E-state index in [0.717, 1.165) is 0 Å². The lowest BCUT2D eigenvalue weighted by Crippen LogP contribution is -2.06. The molecule has 0 radical (unpaired) electrons. The number of ether oxygens (including phenoxy) is 1. The van der Waals surface area contributed by atoms with Gasteiger partial charge in [-0.1, -0.05) is 58.0 Å². The molecule has 0 spiro atoms. The molecule has 0 fully saturated rings. The smallest absolute Gasteiger partial charge is 0.449 e. The number of alkyl halides is 3. The first kappa shape index (κ1) is 18.7. The molecule has 132 valence electrons. The monoisotopic (exact) mass is 448 g/mol. The van der Waals surface area contributed by atoms with Gasteiger partial charge in [0.15, 0.2) is 5.75 Å². The molecule has 0 saturated carbocycles. The van der Waals surface area contributed by atoms with E-state index in [1.165, 1.54) is 18.2 Å². The van der Waals surface area contributed by atoms with Crippen LogP contribution >= 0.6 is 58.0 Å². The van der Waals surface area contributed by atoms with Crippen molar-refractivity contribution in [3.63, 3.8) is 0 Å². The van der Waals surface area contributed by atoms with Crippen LogP contribution in [0.4, 0.5) is 13.2 Å². The van der Waals surface area contributed by atoms with Crippen molar-refractivity contribution in [3.8, 4) is 11.5 Å². The zero-order valence-corrected chi connectivity index (χ0v) is 15.4. The molecule has 3 nitrogen and oxygen atoms in total. The Morgan fingerprint density at radius 1 is 0.880 bits per heavy atom. The van der Waals surface area contributed by atoms with Gasteiger partial charge in [0.05, 0.1) is 20.1 Å². The van der Waals surface area contributed by atoms with Gasteiger partial charge >= 0.3 is 6.18 Å². The molecule has 25 heavy (non-hydrogen) atoms. The molecule has 0 saturated heterocycles. The fourth-order valence-corrected chi connectivity index (χ4v) is 2.94. The summed E-state index contributed by atoms with van der Waals surface area (Å²) < 4.78 is 44.3. The molecule has 11 heteroatoms. The summed E-state index contributed by atoms with van der Waals surface area (Å²) in [5.41, 5.74) is -0.281. The van der Waals surface area contributed by atoms with Crippen molar-refractivity contribution in [1.82, 2.24) is 9.97 Å². The number of hydrogen-bond donors (Lipinski definition) is 1. The minimum absolute atomic E-state index is 0.0102. The van der Waals surface area contributed by atoms with Gasteiger partial charge in [0.1, 0.15) is 21.8 Å². The third-order valence-corrected chi connectivity index (χ3v) is 5.17. The third kappa shape index (κ3) is 3.46. The molecule has 0 aliphatic rings. The molecular weight excluding hydrogens is 446 g/mol. The largest absolute Gasteiger partial charge is 0.453 e. The molecule has 0 bridgehead atoms. The Hall–Kier alpha value is -1.05. The molecule has 2 aromatic carbocycles. The van der Waals surface area contributed by atoms with Crippen LogP contribution in [0, 0.1) is 0 Å². The molecule has 0 amide bonds. The number of nitrogens with one attached hydrogen (secondary N) is 1. The summed E-state index contributed by atoms with van der Waals surface area (Å²) in [7, 11) is 0. The summed E-state index contributed by atoms with van der Waals surface area (Å²) in [5.74, 6) is -1.23. The maximum atomic E-state index is 12.9. The number of halogens is 8. The number of fused-ring (bicyclic) bond motifs is 1. The Morgan fingerprint density at radius 2 is 1.56 bits per heavy atom. The van der Waals surface area contributed by atoms with Crippen LogP contribution in [0.25, 0.3) is 11.0 Å². The van der Waals surface area contributed by atoms with Crippen LogP contribution in [0.15, 0.2) is 18.2 Å². The fourth-order valence-electron chi connectivity index (χ4n) is 1.99. The Bertz CT molecular complexity index is 987. The Morgan fingerprint density at radius 3 is 2.20 bits per heavy atom. The van der Waals surface area contributed by atoms with E-state index < -0.39 is 12.0 Å². The lowest BCUT2D eigenvalue weighted by molar-refractivity contribution is -0.144. The van der Waals surface area contributed by atoms with E-state index in [-0.39, 0.29) is 47.6 Å². The average Bonchev–Trinajstić information content (AvgIpc) is 2.99. The second-order valence-corrected chi connectivity index (χ2v) is 6.70. The first-order chi connectivity index (χ1) is 11.6. The average molecular weight is 450 g/mol. The zero-order chi connectivity index (χ0) is 18.5. The summed E-state index contributed by atoms with van der Waals surface area (Å²) in [4.78, 5) is 5.58. The van der Waals surface area contributed by atoms with Crippen molar-refractivity contribution >= 4 is 69.0 Å². The zero-order valence-electron chi connectivity index (χ0n) is 11.6. The van der Waals surface area contributed by atoms with Gasteiger partial charge in [0.2, 0.25) is 5.82 Å². The summed E-state index contributed by atoms with van der Waals surface area (Å²) in [5, 5.41) is 0.0393. The molecule has 0 unspecified atom stereocenters. The van der Waals surface area contributed by atoms with Gasteiger partial charge in [-0.25, -0.2) is 4.98 Å². The van der Waals surface area contributed by atoms with Gasteiger partial charge in [-0.2, -0.15) is 13.2 Å². The maximum absolute atomic E-state index is 12.9. The lowest BCUT2D eigenvalue weighted by atomic mass is 10.3. The van der Waals surface area contributed by atoms with Crippen LogP contribution in [0.3, 0.4) is 0 Å². The maximum Gasteiger partial charge on any atom is 0.449 e. The van der Waals surface area contributed by atoms with E-state index in [9.17, 15) is 13.2 Å². The molecule has 0 aliphatic heterocycles. The lowest BCUT2D eigenvalue weighted by Gasteiger charge is -2.11. The van der Waals surface area contributed by atoms with E-state index in [1.807, 2.05) is 0 Å². The number of rotatable bonds is 2. The van der Waals surface area contributed by atoms with E-state index in [2.05, 4.69) is 9.97 Å². The normalized spacial score (nSPS) is 12.0. The third-order valence-electron chi connectivity index (χ3n) is 3.11. The van der Waals surface area contributed by atoms with Gasteiger partial charge in [-0.15, -0.1) is 0 Å². The highest BCUT2D eigenvalue weighted by atomic mass is 35.5. The highest BCUT2D eigenvalue weighted by Crippen LogP contribution is 2.43.